The molecule has 23 heavy (non-hydrogen) atoms. The van der Waals surface area contributed by atoms with E-state index in [9.17, 15) is 8.42 Å². The maximum absolute atomic E-state index is 12.3. The van der Waals surface area contributed by atoms with Gasteiger partial charge in [0.1, 0.15) is 10.6 Å². The van der Waals surface area contributed by atoms with Gasteiger partial charge in [0.05, 0.1) is 5.52 Å². The second-order valence-electron chi connectivity index (χ2n) is 5.23. The van der Waals surface area contributed by atoms with E-state index in [2.05, 4.69) is 4.98 Å². The molecule has 1 N–H and O–H groups in total. The Morgan fingerprint density at radius 3 is 2.26 bits per heavy atom. The molecule has 1 heterocycles. The van der Waals surface area contributed by atoms with Crippen LogP contribution in [0.15, 0.2) is 77.7 Å². The van der Waals surface area contributed by atoms with Crippen molar-refractivity contribution >= 4 is 31.9 Å². The maximum Gasteiger partial charge on any atom is 0.339 e. The van der Waals surface area contributed by atoms with Crippen LogP contribution in [0.4, 0.5) is 0 Å². The molecule has 0 amide bonds. The molecule has 4 aromatic rings. The second kappa shape index (κ2) is 5.14. The number of hydrogen-bond donors (Lipinski definition) is 1. The van der Waals surface area contributed by atoms with Crippen molar-refractivity contribution in [1.82, 2.24) is 4.98 Å². The highest BCUT2D eigenvalue weighted by Gasteiger charge is 2.16. The topological polar surface area (TPSA) is 59.2 Å². The van der Waals surface area contributed by atoms with Crippen LogP contribution in [0, 0.1) is 0 Å². The molecular weight excluding hydrogens is 310 g/mol. The van der Waals surface area contributed by atoms with Crippen molar-refractivity contribution in [2.24, 2.45) is 0 Å². The fraction of sp³-hybridized carbons (Fsp3) is 0. The molecule has 4 rings (SSSR count). The Bertz CT molecular complexity index is 1100. The van der Waals surface area contributed by atoms with Crippen LogP contribution in [0.3, 0.4) is 0 Å². The number of H-pyrrole nitrogens is 1. The summed E-state index contributed by atoms with van der Waals surface area (Å²) in [5.41, 5.74) is 1.84. The minimum absolute atomic E-state index is 0.136. The summed E-state index contributed by atoms with van der Waals surface area (Å²) >= 11 is 0. The van der Waals surface area contributed by atoms with Crippen LogP contribution in [0.25, 0.3) is 21.8 Å². The lowest BCUT2D eigenvalue weighted by atomic mass is 10.1. The van der Waals surface area contributed by atoms with Crippen LogP contribution in [0.5, 0.6) is 5.75 Å². The molecular formula is C18H13NO3S. The monoisotopic (exact) mass is 323 g/mol. The molecule has 0 aliphatic carbocycles. The molecule has 4 nitrogen and oxygen atoms in total. The third-order valence-electron chi connectivity index (χ3n) is 3.72. The van der Waals surface area contributed by atoms with Crippen molar-refractivity contribution in [1.29, 1.82) is 0 Å². The highest BCUT2D eigenvalue weighted by atomic mass is 32.2. The van der Waals surface area contributed by atoms with E-state index in [1.165, 1.54) is 12.1 Å². The van der Waals surface area contributed by atoms with E-state index in [4.69, 9.17) is 4.18 Å². The molecule has 0 atom stereocenters. The molecule has 0 saturated carbocycles. The van der Waals surface area contributed by atoms with E-state index in [1.54, 1.807) is 30.3 Å². The molecule has 0 unspecified atom stereocenters. The van der Waals surface area contributed by atoms with Gasteiger partial charge in [-0.15, -0.1) is 0 Å². The molecule has 0 saturated heterocycles. The average Bonchev–Trinajstić information content (AvgIpc) is 2.93. The van der Waals surface area contributed by atoms with Crippen LogP contribution in [-0.4, -0.2) is 13.4 Å². The van der Waals surface area contributed by atoms with Crippen LogP contribution in [-0.2, 0) is 10.1 Å². The zero-order valence-corrected chi connectivity index (χ0v) is 12.9. The number of para-hydroxylation sites is 1. The number of fused-ring (bicyclic) bond motifs is 3. The van der Waals surface area contributed by atoms with Crippen molar-refractivity contribution in [2.45, 2.75) is 4.90 Å². The van der Waals surface area contributed by atoms with Gasteiger partial charge in [0.2, 0.25) is 0 Å². The standard InChI is InChI=1S/C18H13NO3S/c20-23(21,14-6-2-1-3-7-14)22-13-10-11-16-15-8-4-5-9-17(15)19-18(16)12-13/h1-12,19H. The summed E-state index contributed by atoms with van der Waals surface area (Å²) in [6.07, 6.45) is 0. The first-order valence-electron chi connectivity index (χ1n) is 7.13. The predicted octanol–water partition coefficient (Wildman–Crippen LogP) is 4.09. The number of benzene rings is 3. The quantitative estimate of drug-likeness (QED) is 0.578. The fourth-order valence-corrected chi connectivity index (χ4v) is 3.59. The van der Waals surface area contributed by atoms with Crippen molar-refractivity contribution in [3.8, 4) is 5.75 Å². The molecule has 1 aromatic heterocycles. The van der Waals surface area contributed by atoms with Gasteiger partial charge < -0.3 is 9.17 Å². The summed E-state index contributed by atoms with van der Waals surface area (Å²) in [7, 11) is -3.83. The zero-order chi connectivity index (χ0) is 15.9. The summed E-state index contributed by atoms with van der Waals surface area (Å²) < 4.78 is 29.8. The first-order valence-corrected chi connectivity index (χ1v) is 8.54. The summed E-state index contributed by atoms with van der Waals surface area (Å²) in [6.45, 7) is 0. The predicted molar refractivity (Wildman–Crippen MR) is 90.1 cm³/mol. The molecule has 0 spiro atoms. The Labute approximate surface area is 133 Å². The Balaban J connectivity index is 1.77. The minimum atomic E-state index is -3.83. The molecule has 0 bridgehead atoms. The number of hydrogen-bond acceptors (Lipinski definition) is 3. The summed E-state index contributed by atoms with van der Waals surface area (Å²) in [5, 5.41) is 2.13. The van der Waals surface area contributed by atoms with Gasteiger partial charge in [0, 0.05) is 22.4 Å². The number of aromatic amines is 1. The Morgan fingerprint density at radius 1 is 0.739 bits per heavy atom. The number of rotatable bonds is 3. The highest BCUT2D eigenvalue weighted by molar-refractivity contribution is 7.87. The van der Waals surface area contributed by atoms with Gasteiger partial charge in [-0.1, -0.05) is 36.4 Å². The largest absolute Gasteiger partial charge is 0.379 e. The molecule has 0 radical (unpaired) electrons. The Kier molecular flexibility index (Phi) is 3.09. The third-order valence-corrected chi connectivity index (χ3v) is 4.98. The van der Waals surface area contributed by atoms with Gasteiger partial charge in [-0.25, -0.2) is 0 Å². The maximum atomic E-state index is 12.3. The van der Waals surface area contributed by atoms with Crippen molar-refractivity contribution in [3.63, 3.8) is 0 Å². The molecule has 0 aliphatic heterocycles. The van der Waals surface area contributed by atoms with E-state index in [-0.39, 0.29) is 10.6 Å². The van der Waals surface area contributed by atoms with Gasteiger partial charge in [-0.05, 0) is 30.3 Å². The minimum Gasteiger partial charge on any atom is -0.379 e. The molecule has 3 aromatic carbocycles. The van der Waals surface area contributed by atoms with Crippen LogP contribution in [0.1, 0.15) is 0 Å². The molecule has 0 fully saturated rings. The van der Waals surface area contributed by atoms with E-state index < -0.39 is 10.1 Å². The summed E-state index contributed by atoms with van der Waals surface area (Å²) in [4.78, 5) is 3.40. The van der Waals surface area contributed by atoms with Gasteiger partial charge >= 0.3 is 10.1 Å². The van der Waals surface area contributed by atoms with Crippen molar-refractivity contribution in [3.05, 3.63) is 72.8 Å². The second-order valence-corrected chi connectivity index (χ2v) is 6.77. The summed E-state index contributed by atoms with van der Waals surface area (Å²) in [5.74, 6) is 0.285. The lowest BCUT2D eigenvalue weighted by Gasteiger charge is -2.06. The summed E-state index contributed by atoms with van der Waals surface area (Å²) in [6, 6.07) is 21.3. The van der Waals surface area contributed by atoms with Gasteiger partial charge in [0.15, 0.2) is 0 Å². The molecule has 114 valence electrons. The first-order chi connectivity index (χ1) is 11.1. The first kappa shape index (κ1) is 13.8. The third kappa shape index (κ3) is 2.45. The van der Waals surface area contributed by atoms with E-state index >= 15 is 0 Å². The lowest BCUT2D eigenvalue weighted by molar-refractivity contribution is 0.486. The van der Waals surface area contributed by atoms with Gasteiger partial charge in [-0.2, -0.15) is 8.42 Å². The van der Waals surface area contributed by atoms with Gasteiger partial charge in [-0.3, -0.25) is 0 Å². The smallest absolute Gasteiger partial charge is 0.339 e. The zero-order valence-electron chi connectivity index (χ0n) is 12.1. The Hall–Kier alpha value is -2.79. The Morgan fingerprint density at radius 2 is 1.43 bits per heavy atom. The fourth-order valence-electron chi connectivity index (χ4n) is 2.65. The van der Waals surface area contributed by atoms with Gasteiger partial charge in [0.25, 0.3) is 0 Å². The molecule has 5 heteroatoms. The molecule has 0 aliphatic rings. The number of nitrogens with one attached hydrogen (secondary N) is 1. The highest BCUT2D eigenvalue weighted by Crippen LogP contribution is 2.29. The van der Waals surface area contributed by atoms with Crippen LogP contribution in [0.2, 0.25) is 0 Å². The SMILES string of the molecule is O=S(=O)(Oc1ccc2c(c1)[nH]c1ccccc12)c1ccccc1. The lowest BCUT2D eigenvalue weighted by Crippen LogP contribution is -2.09. The van der Waals surface area contributed by atoms with Crippen LogP contribution < -0.4 is 4.18 Å². The van der Waals surface area contributed by atoms with Crippen LogP contribution >= 0.6 is 0 Å². The van der Waals surface area contributed by atoms with E-state index in [0.29, 0.717) is 0 Å². The van der Waals surface area contributed by atoms with E-state index in [0.717, 1.165) is 21.8 Å². The van der Waals surface area contributed by atoms with E-state index in [1.807, 2.05) is 30.3 Å². The van der Waals surface area contributed by atoms with Crippen molar-refractivity contribution < 1.29 is 12.6 Å². The van der Waals surface area contributed by atoms with Crippen molar-refractivity contribution in [2.75, 3.05) is 0 Å². The normalized spacial score (nSPS) is 11.8. The average molecular weight is 323 g/mol. The number of aromatic nitrogens is 1.